The van der Waals surface area contributed by atoms with E-state index < -0.39 is 0 Å². The summed E-state index contributed by atoms with van der Waals surface area (Å²) in [5, 5.41) is 0. The highest BCUT2D eigenvalue weighted by Gasteiger charge is 2.54. The van der Waals surface area contributed by atoms with E-state index in [0.717, 1.165) is 12.8 Å². The van der Waals surface area contributed by atoms with Crippen molar-refractivity contribution in [2.75, 3.05) is 11.5 Å². The number of ether oxygens (including phenoxy) is 1. The van der Waals surface area contributed by atoms with Gasteiger partial charge in [0.1, 0.15) is 0 Å². The average molecular weight is 1680 g/mol. The molecule has 2 bridgehead atoms. The molecular formula is C12H16N2OS46. The normalized spacial score (nSPS) is 14.9. The van der Waals surface area contributed by atoms with Crippen molar-refractivity contribution in [3.63, 3.8) is 0 Å². The van der Waals surface area contributed by atoms with Crippen LogP contribution in [0.2, 0.25) is 0 Å². The summed E-state index contributed by atoms with van der Waals surface area (Å²) in [6.07, 6.45) is 2.14. The van der Waals surface area contributed by atoms with Crippen LogP contribution in [0.3, 0.4) is 0 Å². The van der Waals surface area contributed by atoms with Gasteiger partial charge in [-0.05, 0) is 49.9 Å². The van der Waals surface area contributed by atoms with Crippen LogP contribution in [0.5, 0.6) is 0 Å². The summed E-state index contributed by atoms with van der Waals surface area (Å²) >= 11 is 9.62. The van der Waals surface area contributed by atoms with Crippen LogP contribution in [0.4, 0.5) is 11.4 Å². The Morgan fingerprint density at radius 3 is 0.623 bits per heavy atom. The van der Waals surface area contributed by atoms with Gasteiger partial charge in [0.15, 0.2) is 0 Å². The van der Waals surface area contributed by atoms with Crippen LogP contribution in [-0.2, 0) is 429 Å². The van der Waals surface area contributed by atoms with Crippen molar-refractivity contribution in [2.45, 2.75) is 37.9 Å². The molecular weight excluding hydrogens is 1660 g/mol. The van der Waals surface area contributed by atoms with Crippen molar-refractivity contribution < 1.29 is 4.74 Å². The molecule has 0 amide bonds. The summed E-state index contributed by atoms with van der Waals surface area (Å²) in [6, 6.07) is 3.96. The molecule has 61 heavy (non-hydrogen) atoms. The van der Waals surface area contributed by atoms with Gasteiger partial charge in [0, 0.05) is 413 Å². The van der Waals surface area contributed by atoms with Gasteiger partial charge in [-0.15, -0.1) is 0 Å². The summed E-state index contributed by atoms with van der Waals surface area (Å²) in [5.41, 5.74) is 15.2. The largest absolute Gasteiger partial charge is 0.397 e. The fourth-order valence-corrected chi connectivity index (χ4v) is 119. The van der Waals surface area contributed by atoms with Crippen LogP contribution >= 0.6 is 0 Å². The maximum absolute atomic E-state index is 6.12. The first-order chi connectivity index (χ1) is 29.9. The molecule has 0 aliphatic carbocycles. The Labute approximate surface area is 489 Å². The number of nitrogens with two attached hydrogens (primary N) is 2. The lowest BCUT2D eigenvalue weighted by atomic mass is 9.78. The highest BCUT2D eigenvalue weighted by molar-refractivity contribution is 8.81. The van der Waals surface area contributed by atoms with Crippen molar-refractivity contribution >= 4 is 424 Å². The average Bonchev–Trinajstić information content (AvgIpc) is 3.69. The van der Waals surface area contributed by atoms with Crippen LogP contribution < -0.4 is 11.5 Å². The molecule has 0 aromatic heterocycles. The van der Waals surface area contributed by atoms with Gasteiger partial charge in [-0.25, -0.2) is 0 Å². The molecule has 3 rings (SSSR count). The Bertz CT molecular complexity index is 3670. The highest BCUT2D eigenvalue weighted by atomic mass is 33.5. The van der Waals surface area contributed by atoms with E-state index in [0.29, 0.717) is 11.4 Å². The van der Waals surface area contributed by atoms with Gasteiger partial charge in [0.05, 0.1) is 22.6 Å². The first-order valence-corrected chi connectivity index (χ1v) is 72.8. The van der Waals surface area contributed by atoms with Crippen molar-refractivity contribution in [3.05, 3.63) is 23.3 Å². The molecule has 0 spiro atoms. The van der Waals surface area contributed by atoms with Gasteiger partial charge in [-0.1, -0.05) is 0 Å². The van der Waals surface area contributed by atoms with Gasteiger partial charge in [-0.2, -0.15) is 0 Å². The second-order valence-corrected chi connectivity index (χ2v) is 85.9. The zero-order valence-corrected chi connectivity index (χ0v) is 65.5. The number of fused-ring (bicyclic) bond motifs is 5. The molecule has 2 aliphatic rings. The third-order valence-corrected chi connectivity index (χ3v) is 101. The van der Waals surface area contributed by atoms with Crippen molar-refractivity contribution in [2.24, 2.45) is 0 Å². The fraction of sp³-hybridized carbons (Fsp3) is 0.500. The summed E-state index contributed by atoms with van der Waals surface area (Å²) in [4.78, 5) is 0. The van der Waals surface area contributed by atoms with Crippen molar-refractivity contribution in [1.29, 1.82) is 0 Å². The standard InChI is InChI=1S/C12H16N2O.S46/c1-11-3-4-12(2,15-11)8-6-10(14)9(13)5-7(8)11;1-3-5-7-9-11-13-15-17-19-21-23-25-27-29-31-33-35-37-39-41-43-45-46-44-42-40-38-36-34-32-30-28-26-24-22-20-18-16-14-12-10-8-6-4-2/h5-6H,3-4,13-14H2,1-2H3;. The van der Waals surface area contributed by atoms with E-state index in [1.54, 1.807) is 107 Å². The number of nitrogen functional groups attached to an aromatic ring is 2. The maximum atomic E-state index is 6.12. The van der Waals surface area contributed by atoms with E-state index in [1.807, 2.05) is 279 Å². The minimum Gasteiger partial charge on any atom is -0.397 e. The molecule has 1 aromatic rings. The molecule has 4 N–H and O–H groups in total. The lowest BCUT2D eigenvalue weighted by Crippen LogP contribution is -2.18. The van der Waals surface area contributed by atoms with E-state index in [-0.39, 0.29) is 11.2 Å². The molecule has 356 valence electrons. The van der Waals surface area contributed by atoms with Crippen LogP contribution in [0, 0.1) is 0 Å². The second kappa shape index (κ2) is 47.4. The first-order valence-electron chi connectivity index (χ1n) is 12.8. The van der Waals surface area contributed by atoms with E-state index >= 15 is 0 Å². The molecule has 2 aliphatic heterocycles. The molecule has 1 aromatic carbocycles. The zero-order chi connectivity index (χ0) is 44.0. The molecule has 0 radical (unpaired) electrons. The lowest BCUT2D eigenvalue weighted by Gasteiger charge is -2.23. The van der Waals surface area contributed by atoms with Crippen LogP contribution in [0.1, 0.15) is 37.8 Å². The molecule has 2 unspecified atom stereocenters. The minimum atomic E-state index is -0.147. The number of hydrogen-bond acceptors (Lipinski definition) is 5. The van der Waals surface area contributed by atoms with Crippen molar-refractivity contribution in [1.82, 2.24) is 0 Å². The number of rotatable bonds is 0. The predicted molar refractivity (Wildman–Crippen MR) is 399 cm³/mol. The summed E-state index contributed by atoms with van der Waals surface area (Å²) in [6.45, 7) is 4.28. The lowest BCUT2D eigenvalue weighted by molar-refractivity contribution is -0.0662. The Morgan fingerprint density at radius 1 is 0.328 bits per heavy atom. The summed E-state index contributed by atoms with van der Waals surface area (Å²) < 4.78 is 6.12. The number of anilines is 2. The van der Waals surface area contributed by atoms with Gasteiger partial charge < -0.3 is 16.2 Å². The van der Waals surface area contributed by atoms with Crippen molar-refractivity contribution in [3.8, 4) is 0 Å². The third kappa shape index (κ3) is 35.7. The number of benzene rings is 1. The monoisotopic (exact) mass is 1670 g/mol. The van der Waals surface area contributed by atoms with Crippen LogP contribution in [0.25, 0.3) is 0 Å². The van der Waals surface area contributed by atoms with E-state index in [2.05, 4.69) is 13.8 Å². The smallest absolute Gasteiger partial charge is 0.0921 e. The quantitative estimate of drug-likeness (QED) is 0.390. The SMILES string of the molecule is CC12CCC(C)(O1)c1cc(N)c(N)cc12.S=S=S=S=S=S=S=S=S=S=S=S=S=S=S=S=S=S=S=S=S=S=S=S=S=S=S=S=S=S=S=S=S=S=S=S=S=S=S=S=S=S=S=S=S=S. The molecule has 0 saturated carbocycles. The number of hydrogen-bond donors (Lipinski definition) is 2. The zero-order valence-electron chi connectivity index (χ0n) is 27.9. The summed E-state index contributed by atoms with van der Waals surface area (Å²) in [7, 11) is 78.4. The topological polar surface area (TPSA) is 61.3 Å². The second-order valence-electron chi connectivity index (χ2n) is 8.08. The molecule has 1 fully saturated rings. The third-order valence-electron chi connectivity index (χ3n) is 5.09. The van der Waals surface area contributed by atoms with Crippen LogP contribution in [-0.4, -0.2) is 0 Å². The minimum absolute atomic E-state index is 0.147. The van der Waals surface area contributed by atoms with E-state index in [9.17, 15) is 0 Å². The molecule has 1 saturated heterocycles. The summed E-state index contributed by atoms with van der Waals surface area (Å²) in [5.74, 6) is 0. The van der Waals surface area contributed by atoms with Gasteiger partial charge in [-0.3, -0.25) is 0 Å². The Balaban J connectivity index is 0.000000696. The first kappa shape index (κ1) is 66.0. The Hall–Kier alpha value is 8.90. The molecule has 3 nitrogen and oxygen atoms in total. The van der Waals surface area contributed by atoms with Gasteiger partial charge >= 0.3 is 0 Å². The van der Waals surface area contributed by atoms with E-state index in [4.69, 9.17) is 38.6 Å². The van der Waals surface area contributed by atoms with Gasteiger partial charge in [0.2, 0.25) is 0 Å². The Morgan fingerprint density at radius 2 is 0.475 bits per heavy atom. The fourth-order valence-electron chi connectivity index (χ4n) is 3.44. The van der Waals surface area contributed by atoms with Crippen LogP contribution in [0.15, 0.2) is 12.1 Å². The molecule has 2 atom stereocenters. The highest BCUT2D eigenvalue weighted by Crippen LogP contribution is 2.58. The predicted octanol–water partition coefficient (Wildman–Crippen LogP) is 1.99. The van der Waals surface area contributed by atoms with E-state index in [1.165, 1.54) is 28.9 Å². The molecule has 49 heteroatoms. The Kier molecular flexibility index (Phi) is 51.2. The maximum Gasteiger partial charge on any atom is 0.0921 e. The van der Waals surface area contributed by atoms with Gasteiger partial charge in [0.25, 0.3) is 0 Å². The molecule has 2 heterocycles.